The highest BCUT2D eigenvalue weighted by Gasteiger charge is 2.14. The van der Waals surface area contributed by atoms with Crippen LogP contribution < -0.4 is 5.56 Å². The molecular formula is C20H19N3O2S2. The van der Waals surface area contributed by atoms with Crippen molar-refractivity contribution < 1.29 is 4.42 Å². The Morgan fingerprint density at radius 1 is 1.19 bits per heavy atom. The van der Waals surface area contributed by atoms with Crippen LogP contribution in [0.1, 0.15) is 19.5 Å². The van der Waals surface area contributed by atoms with Crippen LogP contribution in [0.5, 0.6) is 0 Å². The van der Waals surface area contributed by atoms with E-state index in [1.165, 1.54) is 11.8 Å². The number of nitrogens with zero attached hydrogens (tertiary/aromatic N) is 3. The Morgan fingerprint density at radius 2 is 2.04 bits per heavy atom. The second-order valence-electron chi connectivity index (χ2n) is 6.63. The van der Waals surface area contributed by atoms with Crippen molar-refractivity contribution in [2.75, 3.05) is 0 Å². The highest BCUT2D eigenvalue weighted by molar-refractivity contribution is 7.98. The minimum Gasteiger partial charge on any atom is -0.444 e. The van der Waals surface area contributed by atoms with Crippen molar-refractivity contribution in [3.05, 3.63) is 64.1 Å². The van der Waals surface area contributed by atoms with Crippen molar-refractivity contribution in [1.82, 2.24) is 14.5 Å². The molecule has 0 saturated carbocycles. The van der Waals surface area contributed by atoms with E-state index in [2.05, 4.69) is 18.8 Å². The van der Waals surface area contributed by atoms with Gasteiger partial charge in [0, 0.05) is 12.3 Å². The highest BCUT2D eigenvalue weighted by atomic mass is 32.2. The molecule has 4 aromatic rings. The molecule has 138 valence electrons. The van der Waals surface area contributed by atoms with Crippen LogP contribution in [-0.4, -0.2) is 14.5 Å². The average molecular weight is 398 g/mol. The van der Waals surface area contributed by atoms with Gasteiger partial charge in [-0.05, 0) is 29.5 Å². The zero-order valence-electron chi connectivity index (χ0n) is 15.1. The van der Waals surface area contributed by atoms with Crippen LogP contribution >= 0.6 is 23.1 Å². The second-order valence-corrected chi connectivity index (χ2v) is 8.52. The fourth-order valence-electron chi connectivity index (χ4n) is 2.81. The van der Waals surface area contributed by atoms with E-state index >= 15 is 0 Å². The molecule has 0 radical (unpaired) electrons. The van der Waals surface area contributed by atoms with Gasteiger partial charge in [-0.1, -0.05) is 43.8 Å². The van der Waals surface area contributed by atoms with Gasteiger partial charge < -0.3 is 4.42 Å². The van der Waals surface area contributed by atoms with E-state index in [0.717, 1.165) is 16.1 Å². The molecule has 0 saturated heterocycles. The highest BCUT2D eigenvalue weighted by Crippen LogP contribution is 2.27. The summed E-state index contributed by atoms with van der Waals surface area (Å²) in [5.41, 5.74) is 1.57. The monoisotopic (exact) mass is 397 g/mol. The Hall–Kier alpha value is -2.38. The SMILES string of the molecule is CC(C)Cn1c(SCc2coc(-c3cccs3)n2)nc2ccccc2c1=O. The zero-order valence-corrected chi connectivity index (χ0v) is 16.7. The predicted molar refractivity (Wildman–Crippen MR) is 110 cm³/mol. The van der Waals surface area contributed by atoms with Gasteiger partial charge >= 0.3 is 0 Å². The fraction of sp³-hybridized carbons (Fsp3) is 0.250. The van der Waals surface area contributed by atoms with Gasteiger partial charge in [0.05, 0.1) is 21.5 Å². The molecule has 1 aromatic carbocycles. The first kappa shape index (κ1) is 18.0. The fourth-order valence-corrected chi connectivity index (χ4v) is 4.35. The smallest absolute Gasteiger partial charge is 0.262 e. The molecule has 0 aliphatic heterocycles. The molecule has 7 heteroatoms. The van der Waals surface area contributed by atoms with Crippen LogP contribution in [0.4, 0.5) is 0 Å². The number of thioether (sulfide) groups is 1. The first-order chi connectivity index (χ1) is 13.1. The van der Waals surface area contributed by atoms with Crippen molar-refractivity contribution in [2.45, 2.75) is 31.3 Å². The summed E-state index contributed by atoms with van der Waals surface area (Å²) in [4.78, 5) is 23.2. The minimum absolute atomic E-state index is 0.0104. The van der Waals surface area contributed by atoms with E-state index < -0.39 is 0 Å². The Balaban J connectivity index is 1.64. The summed E-state index contributed by atoms with van der Waals surface area (Å²) in [5.74, 6) is 1.58. The third-order valence-corrected chi connectivity index (χ3v) is 5.88. The number of thiophene rings is 1. The van der Waals surface area contributed by atoms with Crippen LogP contribution in [0.2, 0.25) is 0 Å². The summed E-state index contributed by atoms with van der Waals surface area (Å²) in [6.45, 7) is 4.83. The van der Waals surface area contributed by atoms with Gasteiger partial charge in [-0.3, -0.25) is 9.36 Å². The van der Waals surface area contributed by atoms with E-state index in [0.29, 0.717) is 34.6 Å². The zero-order chi connectivity index (χ0) is 18.8. The summed E-state index contributed by atoms with van der Waals surface area (Å²) >= 11 is 3.11. The van der Waals surface area contributed by atoms with E-state index in [1.807, 2.05) is 41.8 Å². The lowest BCUT2D eigenvalue weighted by Gasteiger charge is -2.14. The number of fused-ring (bicyclic) bond motifs is 1. The Bertz CT molecular complexity index is 1110. The van der Waals surface area contributed by atoms with Crippen molar-refractivity contribution in [2.24, 2.45) is 5.92 Å². The summed E-state index contributed by atoms with van der Waals surface area (Å²) in [6.07, 6.45) is 1.67. The number of rotatable bonds is 6. The Morgan fingerprint density at radius 3 is 2.81 bits per heavy atom. The summed E-state index contributed by atoms with van der Waals surface area (Å²) in [5, 5.41) is 3.37. The number of benzene rings is 1. The third-order valence-electron chi connectivity index (χ3n) is 4.01. The molecule has 27 heavy (non-hydrogen) atoms. The molecule has 0 N–H and O–H groups in total. The van der Waals surface area contributed by atoms with Crippen LogP contribution in [0.3, 0.4) is 0 Å². The van der Waals surface area contributed by atoms with Gasteiger partial charge in [0.1, 0.15) is 6.26 Å². The summed E-state index contributed by atoms with van der Waals surface area (Å²) in [7, 11) is 0. The van der Waals surface area contributed by atoms with Crippen molar-refractivity contribution in [3.63, 3.8) is 0 Å². The van der Waals surface area contributed by atoms with Crippen LogP contribution in [0.15, 0.2) is 62.4 Å². The Labute approximate surface area is 165 Å². The van der Waals surface area contributed by atoms with Gasteiger partial charge in [-0.2, -0.15) is 0 Å². The quantitative estimate of drug-likeness (QED) is 0.336. The van der Waals surface area contributed by atoms with Crippen molar-refractivity contribution in [1.29, 1.82) is 0 Å². The molecule has 0 fully saturated rings. The number of oxazole rings is 1. The maximum absolute atomic E-state index is 12.9. The summed E-state index contributed by atoms with van der Waals surface area (Å²) < 4.78 is 7.36. The Kier molecular flexibility index (Phi) is 5.13. The topological polar surface area (TPSA) is 60.9 Å². The lowest BCUT2D eigenvalue weighted by Crippen LogP contribution is -2.25. The van der Waals surface area contributed by atoms with Crippen molar-refractivity contribution in [3.8, 4) is 10.8 Å². The lowest BCUT2D eigenvalue weighted by atomic mass is 10.2. The van der Waals surface area contributed by atoms with E-state index in [1.54, 1.807) is 22.2 Å². The molecule has 0 amide bonds. The standard InChI is InChI=1S/C20H19N3O2S2/c1-13(2)10-23-19(24)15-6-3-4-7-16(15)22-20(23)27-12-14-11-25-18(21-14)17-8-5-9-26-17/h3-9,11,13H,10,12H2,1-2H3. The first-order valence-electron chi connectivity index (χ1n) is 8.72. The predicted octanol–water partition coefficient (Wildman–Crippen LogP) is 5.06. The van der Waals surface area contributed by atoms with Crippen LogP contribution in [-0.2, 0) is 12.3 Å². The maximum Gasteiger partial charge on any atom is 0.262 e. The molecule has 3 heterocycles. The molecule has 0 spiro atoms. The van der Waals surface area contributed by atoms with E-state index in [-0.39, 0.29) is 5.56 Å². The molecule has 0 bridgehead atoms. The van der Waals surface area contributed by atoms with Crippen molar-refractivity contribution >= 4 is 34.0 Å². The molecule has 4 rings (SSSR count). The van der Waals surface area contributed by atoms with Gasteiger partial charge in [-0.25, -0.2) is 9.97 Å². The molecular weight excluding hydrogens is 378 g/mol. The molecule has 0 aliphatic rings. The van der Waals surface area contributed by atoms with E-state index in [4.69, 9.17) is 9.40 Å². The van der Waals surface area contributed by atoms with Gasteiger partial charge in [-0.15, -0.1) is 11.3 Å². The number of hydrogen-bond donors (Lipinski definition) is 0. The molecule has 0 atom stereocenters. The van der Waals surface area contributed by atoms with Gasteiger partial charge in [0.15, 0.2) is 5.16 Å². The normalized spacial score (nSPS) is 11.5. The van der Waals surface area contributed by atoms with Gasteiger partial charge in [0.2, 0.25) is 5.89 Å². The number of hydrogen-bond acceptors (Lipinski definition) is 6. The molecule has 0 unspecified atom stereocenters. The average Bonchev–Trinajstić information content (AvgIpc) is 3.33. The molecule has 5 nitrogen and oxygen atoms in total. The first-order valence-corrected chi connectivity index (χ1v) is 10.6. The van der Waals surface area contributed by atoms with Gasteiger partial charge in [0.25, 0.3) is 5.56 Å². The van der Waals surface area contributed by atoms with Crippen LogP contribution in [0.25, 0.3) is 21.7 Å². The largest absolute Gasteiger partial charge is 0.444 e. The minimum atomic E-state index is 0.0104. The van der Waals surface area contributed by atoms with Crippen LogP contribution in [0, 0.1) is 5.92 Å². The molecule has 3 aromatic heterocycles. The second kappa shape index (κ2) is 7.70. The third kappa shape index (κ3) is 3.84. The molecule has 0 aliphatic carbocycles. The maximum atomic E-state index is 12.9. The lowest BCUT2D eigenvalue weighted by molar-refractivity contribution is 0.475. The number of aromatic nitrogens is 3. The number of para-hydroxylation sites is 1. The van der Waals surface area contributed by atoms with E-state index in [9.17, 15) is 4.79 Å². The summed E-state index contributed by atoms with van der Waals surface area (Å²) in [6, 6.07) is 11.5.